The van der Waals surface area contributed by atoms with Gasteiger partial charge in [-0.05, 0) is 61.9 Å². The van der Waals surface area contributed by atoms with Crippen molar-refractivity contribution in [3.8, 4) is 16.8 Å². The van der Waals surface area contributed by atoms with Crippen molar-refractivity contribution in [3.63, 3.8) is 0 Å². The third-order valence-corrected chi connectivity index (χ3v) is 6.88. The zero-order valence-corrected chi connectivity index (χ0v) is 20.5. The average Bonchev–Trinajstić information content (AvgIpc) is 3.34. The SMILES string of the molecule is C=C1c2ccc(-c3ccc(N4CCCCC4)nc3)cc2-n2nc(C(/C=C\CC)=C/C)cc2N1C. The summed E-state index contributed by atoms with van der Waals surface area (Å²) in [6.45, 7) is 10.8. The number of hydrogen-bond acceptors (Lipinski definition) is 4. The Morgan fingerprint density at radius 2 is 1.85 bits per heavy atom. The maximum absolute atomic E-state index is 5.00. The van der Waals surface area contributed by atoms with Crippen LogP contribution in [0.3, 0.4) is 0 Å². The fraction of sp³-hybridized carbons (Fsp3) is 0.310. The van der Waals surface area contributed by atoms with Gasteiger partial charge in [0, 0.05) is 49.2 Å². The van der Waals surface area contributed by atoms with Crippen LogP contribution >= 0.6 is 0 Å². The van der Waals surface area contributed by atoms with E-state index in [1.54, 1.807) is 0 Å². The van der Waals surface area contributed by atoms with E-state index in [9.17, 15) is 0 Å². The Bertz CT molecular complexity index is 1260. The average molecular weight is 452 g/mol. The van der Waals surface area contributed by atoms with Gasteiger partial charge in [-0.15, -0.1) is 0 Å². The van der Waals surface area contributed by atoms with Gasteiger partial charge in [-0.25, -0.2) is 9.67 Å². The number of allylic oxidation sites excluding steroid dienone is 4. The Hall–Kier alpha value is -3.60. The third-order valence-electron chi connectivity index (χ3n) is 6.88. The van der Waals surface area contributed by atoms with Crippen molar-refractivity contribution in [2.24, 2.45) is 0 Å². The van der Waals surface area contributed by atoms with Crippen LogP contribution in [0.1, 0.15) is 50.8 Å². The highest BCUT2D eigenvalue weighted by Crippen LogP contribution is 2.39. The molecule has 0 saturated carbocycles. The molecule has 0 amide bonds. The van der Waals surface area contributed by atoms with Gasteiger partial charge in [0.25, 0.3) is 0 Å². The minimum Gasteiger partial charge on any atom is -0.357 e. The van der Waals surface area contributed by atoms with Crippen LogP contribution in [0.15, 0.2) is 67.4 Å². The van der Waals surface area contributed by atoms with Crippen LogP contribution in [-0.2, 0) is 0 Å². The van der Waals surface area contributed by atoms with E-state index in [0.29, 0.717) is 0 Å². The minimum atomic E-state index is 0.965. The smallest absolute Gasteiger partial charge is 0.137 e. The number of piperidine rings is 1. The maximum Gasteiger partial charge on any atom is 0.137 e. The molecule has 174 valence electrons. The first-order valence-corrected chi connectivity index (χ1v) is 12.3. The van der Waals surface area contributed by atoms with Crippen LogP contribution in [0, 0.1) is 0 Å². The summed E-state index contributed by atoms with van der Waals surface area (Å²) in [7, 11) is 2.05. The molecule has 0 atom stereocenters. The number of hydrogen-bond donors (Lipinski definition) is 0. The quantitative estimate of drug-likeness (QED) is 0.404. The zero-order valence-electron chi connectivity index (χ0n) is 20.5. The first kappa shape index (κ1) is 22.2. The maximum atomic E-state index is 5.00. The lowest BCUT2D eigenvalue weighted by atomic mass is 10.0. The van der Waals surface area contributed by atoms with Crippen LogP contribution in [0.5, 0.6) is 0 Å². The normalized spacial score (nSPS) is 16.2. The monoisotopic (exact) mass is 451 g/mol. The summed E-state index contributed by atoms with van der Waals surface area (Å²) in [5.74, 6) is 2.10. The van der Waals surface area contributed by atoms with Gasteiger partial charge in [0.2, 0.25) is 0 Å². The molecule has 1 fully saturated rings. The second-order valence-corrected chi connectivity index (χ2v) is 9.04. The van der Waals surface area contributed by atoms with E-state index in [0.717, 1.165) is 70.5 Å². The van der Waals surface area contributed by atoms with Crippen molar-refractivity contribution in [2.75, 3.05) is 29.9 Å². The Balaban J connectivity index is 1.52. The van der Waals surface area contributed by atoms with Crippen molar-refractivity contribution >= 4 is 22.9 Å². The number of anilines is 2. The number of nitrogens with zero attached hydrogens (tertiary/aromatic N) is 5. The second-order valence-electron chi connectivity index (χ2n) is 9.04. The summed E-state index contributed by atoms with van der Waals surface area (Å²) in [6, 6.07) is 13.0. The molecular weight excluding hydrogens is 418 g/mol. The van der Waals surface area contributed by atoms with E-state index in [-0.39, 0.29) is 0 Å². The van der Waals surface area contributed by atoms with E-state index < -0.39 is 0 Å². The number of fused-ring (bicyclic) bond motifs is 3. The minimum absolute atomic E-state index is 0.965. The fourth-order valence-electron chi connectivity index (χ4n) is 4.82. The van der Waals surface area contributed by atoms with Gasteiger partial charge >= 0.3 is 0 Å². The van der Waals surface area contributed by atoms with E-state index >= 15 is 0 Å². The van der Waals surface area contributed by atoms with Crippen molar-refractivity contribution in [1.29, 1.82) is 0 Å². The first-order valence-electron chi connectivity index (χ1n) is 12.3. The Labute approximate surface area is 202 Å². The molecule has 3 aromatic rings. The lowest BCUT2D eigenvalue weighted by molar-refractivity contribution is 0.573. The molecule has 0 N–H and O–H groups in total. The van der Waals surface area contributed by atoms with Gasteiger partial charge in [-0.1, -0.05) is 43.9 Å². The van der Waals surface area contributed by atoms with Crippen molar-refractivity contribution in [3.05, 3.63) is 78.7 Å². The third kappa shape index (κ3) is 3.96. The Kier molecular flexibility index (Phi) is 6.10. The lowest BCUT2D eigenvalue weighted by Gasteiger charge is -2.30. The summed E-state index contributed by atoms with van der Waals surface area (Å²) >= 11 is 0. The molecule has 4 heterocycles. The Morgan fingerprint density at radius 3 is 2.56 bits per heavy atom. The molecule has 0 aliphatic carbocycles. The highest BCUT2D eigenvalue weighted by atomic mass is 15.4. The standard InChI is InChI=1S/C29H33N5/c1-5-7-11-22(6-2)26-19-29-32(4)21(3)25-14-12-23(18-27(25)34(29)31-26)24-13-15-28(30-20-24)33-16-9-8-10-17-33/h6-7,11-15,18-20H,3,5,8-10,16-17H2,1-2,4H3/b11-7-,22-6+. The molecule has 0 spiro atoms. The molecule has 1 aromatic carbocycles. The fourth-order valence-corrected chi connectivity index (χ4v) is 4.82. The molecule has 0 bridgehead atoms. The van der Waals surface area contributed by atoms with Gasteiger partial charge in [0.15, 0.2) is 0 Å². The second kappa shape index (κ2) is 9.34. The highest BCUT2D eigenvalue weighted by Gasteiger charge is 2.26. The molecule has 2 aliphatic heterocycles. The lowest BCUT2D eigenvalue weighted by Crippen LogP contribution is -2.29. The van der Waals surface area contributed by atoms with Crippen molar-refractivity contribution in [2.45, 2.75) is 39.5 Å². The number of rotatable bonds is 5. The molecule has 0 radical (unpaired) electrons. The van der Waals surface area contributed by atoms with Crippen molar-refractivity contribution < 1.29 is 0 Å². The summed E-state index contributed by atoms with van der Waals surface area (Å²) in [6.07, 6.45) is 13.3. The van der Waals surface area contributed by atoms with Crippen molar-refractivity contribution in [1.82, 2.24) is 14.8 Å². The number of benzene rings is 1. The molecular formula is C29H33N5. The molecule has 1 saturated heterocycles. The largest absolute Gasteiger partial charge is 0.357 e. The molecule has 5 heteroatoms. The van der Waals surface area contributed by atoms with Gasteiger partial charge in [0.1, 0.15) is 11.6 Å². The molecule has 0 unspecified atom stereocenters. The predicted octanol–water partition coefficient (Wildman–Crippen LogP) is 6.71. The summed E-state index contributed by atoms with van der Waals surface area (Å²) < 4.78 is 2.04. The summed E-state index contributed by atoms with van der Waals surface area (Å²) in [5.41, 5.74) is 7.46. The first-order chi connectivity index (χ1) is 16.6. The van der Waals surface area contributed by atoms with E-state index in [1.165, 1.54) is 19.3 Å². The van der Waals surface area contributed by atoms with Gasteiger partial charge in [0.05, 0.1) is 11.4 Å². The topological polar surface area (TPSA) is 37.2 Å². The molecule has 2 aromatic heterocycles. The molecule has 5 rings (SSSR count). The highest BCUT2D eigenvalue weighted by molar-refractivity contribution is 5.88. The van der Waals surface area contributed by atoms with Crippen LogP contribution < -0.4 is 9.80 Å². The van der Waals surface area contributed by atoms with E-state index in [4.69, 9.17) is 10.1 Å². The molecule has 34 heavy (non-hydrogen) atoms. The van der Waals surface area contributed by atoms with Crippen LogP contribution in [0.2, 0.25) is 0 Å². The molecule has 5 nitrogen and oxygen atoms in total. The van der Waals surface area contributed by atoms with Gasteiger partial charge in [-0.3, -0.25) is 0 Å². The van der Waals surface area contributed by atoms with Crippen LogP contribution in [-0.4, -0.2) is 34.9 Å². The molecule has 2 aliphatic rings. The van der Waals surface area contributed by atoms with Crippen LogP contribution in [0.4, 0.5) is 11.6 Å². The van der Waals surface area contributed by atoms with E-state index in [2.05, 4.69) is 91.9 Å². The predicted molar refractivity (Wildman–Crippen MR) is 143 cm³/mol. The summed E-state index contributed by atoms with van der Waals surface area (Å²) in [4.78, 5) is 9.30. The summed E-state index contributed by atoms with van der Waals surface area (Å²) in [5, 5.41) is 5.00. The van der Waals surface area contributed by atoms with E-state index in [1.807, 2.05) is 10.9 Å². The Morgan fingerprint density at radius 1 is 1.06 bits per heavy atom. The van der Waals surface area contributed by atoms with Gasteiger partial charge in [-0.2, -0.15) is 5.10 Å². The zero-order chi connectivity index (χ0) is 23.7. The van der Waals surface area contributed by atoms with Gasteiger partial charge < -0.3 is 9.80 Å². The number of pyridine rings is 1. The number of aromatic nitrogens is 3. The van der Waals surface area contributed by atoms with Crippen LogP contribution in [0.25, 0.3) is 28.1 Å².